The molecule has 1 aliphatic rings. The lowest BCUT2D eigenvalue weighted by Crippen LogP contribution is -2.38. The van der Waals surface area contributed by atoms with Crippen molar-refractivity contribution in [3.8, 4) is 5.75 Å². The van der Waals surface area contributed by atoms with Gasteiger partial charge >= 0.3 is 0 Å². The second-order valence-corrected chi connectivity index (χ2v) is 6.28. The zero-order valence-corrected chi connectivity index (χ0v) is 13.2. The molecule has 4 heteroatoms. The van der Waals surface area contributed by atoms with Gasteiger partial charge in [-0.25, -0.2) is 4.98 Å². The van der Waals surface area contributed by atoms with E-state index >= 15 is 0 Å². The monoisotopic (exact) mass is 287 g/mol. The fourth-order valence-corrected chi connectivity index (χ4v) is 3.30. The van der Waals surface area contributed by atoms with E-state index < -0.39 is 0 Å². The highest BCUT2D eigenvalue weighted by Crippen LogP contribution is 2.25. The molecular formula is C17H25N3O. The number of nitrogens with zero attached hydrogens (tertiary/aromatic N) is 3. The quantitative estimate of drug-likeness (QED) is 0.866. The van der Waals surface area contributed by atoms with Crippen molar-refractivity contribution < 1.29 is 4.74 Å². The van der Waals surface area contributed by atoms with Crippen LogP contribution in [0.2, 0.25) is 0 Å². The first kappa shape index (κ1) is 14.4. The second kappa shape index (κ2) is 6.06. The molecule has 0 aromatic carbocycles. The van der Waals surface area contributed by atoms with E-state index in [1.807, 2.05) is 18.3 Å². The van der Waals surface area contributed by atoms with Gasteiger partial charge in [0.05, 0.1) is 13.3 Å². The minimum atomic E-state index is 0.669. The molecule has 0 atom stereocenters. The van der Waals surface area contributed by atoms with Gasteiger partial charge in [0.1, 0.15) is 17.1 Å². The molecule has 0 N–H and O–H groups in total. The molecule has 3 rings (SSSR count). The fraction of sp³-hybridized carbons (Fsp3) is 0.588. The number of methoxy groups -OCH3 is 1. The Kier molecular flexibility index (Phi) is 4.15. The summed E-state index contributed by atoms with van der Waals surface area (Å²) in [6, 6.07) is 4.68. The molecule has 0 unspecified atom stereocenters. The first-order chi connectivity index (χ1) is 10.2. The van der Waals surface area contributed by atoms with Gasteiger partial charge in [0.15, 0.2) is 0 Å². The molecule has 0 bridgehead atoms. The minimum Gasteiger partial charge on any atom is -0.494 e. The Balaban J connectivity index is 1.72. The predicted octanol–water partition coefficient (Wildman–Crippen LogP) is 3.01. The van der Waals surface area contributed by atoms with Gasteiger partial charge in [-0.3, -0.25) is 0 Å². The molecule has 21 heavy (non-hydrogen) atoms. The highest BCUT2D eigenvalue weighted by Gasteiger charge is 2.22. The summed E-state index contributed by atoms with van der Waals surface area (Å²) in [5, 5.41) is 0. The van der Waals surface area contributed by atoms with E-state index in [9.17, 15) is 0 Å². The van der Waals surface area contributed by atoms with Crippen molar-refractivity contribution in [2.75, 3.05) is 20.2 Å². The van der Waals surface area contributed by atoms with Gasteiger partial charge in [0.25, 0.3) is 0 Å². The molecular weight excluding hydrogens is 262 g/mol. The molecule has 3 heterocycles. The van der Waals surface area contributed by atoms with Gasteiger partial charge in [-0.1, -0.05) is 0 Å². The summed E-state index contributed by atoms with van der Waals surface area (Å²) in [4.78, 5) is 7.19. The third kappa shape index (κ3) is 2.91. The number of hydrogen-bond acceptors (Lipinski definition) is 3. The average molecular weight is 287 g/mol. The van der Waals surface area contributed by atoms with Gasteiger partial charge in [0, 0.05) is 18.7 Å². The van der Waals surface area contributed by atoms with Crippen molar-refractivity contribution in [2.24, 2.45) is 5.92 Å². The van der Waals surface area contributed by atoms with Gasteiger partial charge in [-0.15, -0.1) is 0 Å². The molecule has 0 aliphatic carbocycles. The maximum Gasteiger partial charge on any atom is 0.144 e. The van der Waals surface area contributed by atoms with Crippen LogP contribution in [0.25, 0.3) is 5.52 Å². The minimum absolute atomic E-state index is 0.669. The Morgan fingerprint density at radius 2 is 2.10 bits per heavy atom. The number of pyridine rings is 1. The number of imidazole rings is 1. The first-order valence-electron chi connectivity index (χ1n) is 7.92. The maximum absolute atomic E-state index is 5.40. The molecule has 2 aromatic rings. The highest BCUT2D eigenvalue weighted by atomic mass is 16.5. The van der Waals surface area contributed by atoms with Crippen LogP contribution < -0.4 is 4.74 Å². The number of ether oxygens (including phenoxy) is 1. The van der Waals surface area contributed by atoms with Gasteiger partial charge in [-0.2, -0.15) is 0 Å². The van der Waals surface area contributed by atoms with Crippen LogP contribution in [0.5, 0.6) is 5.75 Å². The Hall–Kier alpha value is -1.55. The molecule has 114 valence electrons. The SMILES string of the molecule is COc1cccn2c(CC3CCN(C(C)C)CC3)ncc12. The molecule has 1 saturated heterocycles. The van der Waals surface area contributed by atoms with Gasteiger partial charge < -0.3 is 14.0 Å². The van der Waals surface area contributed by atoms with Crippen molar-refractivity contribution in [2.45, 2.75) is 39.2 Å². The fourth-order valence-electron chi connectivity index (χ4n) is 3.30. The van der Waals surface area contributed by atoms with E-state index in [0.29, 0.717) is 6.04 Å². The number of likely N-dealkylation sites (tertiary alicyclic amines) is 1. The Morgan fingerprint density at radius 1 is 1.33 bits per heavy atom. The average Bonchev–Trinajstić information content (AvgIpc) is 2.91. The number of piperidine rings is 1. The molecule has 4 nitrogen and oxygen atoms in total. The lowest BCUT2D eigenvalue weighted by atomic mass is 9.92. The maximum atomic E-state index is 5.40. The lowest BCUT2D eigenvalue weighted by molar-refractivity contribution is 0.148. The summed E-state index contributed by atoms with van der Waals surface area (Å²) in [7, 11) is 1.71. The zero-order chi connectivity index (χ0) is 14.8. The third-order valence-electron chi connectivity index (χ3n) is 4.68. The van der Waals surface area contributed by atoms with Gasteiger partial charge in [-0.05, 0) is 57.8 Å². The van der Waals surface area contributed by atoms with Crippen LogP contribution in [-0.2, 0) is 6.42 Å². The number of fused-ring (bicyclic) bond motifs is 1. The Labute approximate surface area is 126 Å². The molecule has 0 saturated carbocycles. The summed E-state index contributed by atoms with van der Waals surface area (Å²) in [6.45, 7) is 7.01. The second-order valence-electron chi connectivity index (χ2n) is 6.28. The summed E-state index contributed by atoms with van der Waals surface area (Å²) < 4.78 is 7.58. The molecule has 2 aromatic heterocycles. The summed E-state index contributed by atoms with van der Waals surface area (Å²) >= 11 is 0. The Morgan fingerprint density at radius 3 is 2.76 bits per heavy atom. The van der Waals surface area contributed by atoms with E-state index in [1.54, 1.807) is 7.11 Å². The largest absolute Gasteiger partial charge is 0.494 e. The summed E-state index contributed by atoms with van der Waals surface area (Å²) in [6.07, 6.45) is 7.63. The summed E-state index contributed by atoms with van der Waals surface area (Å²) in [5.41, 5.74) is 1.06. The van der Waals surface area contributed by atoms with Crippen LogP contribution >= 0.6 is 0 Å². The molecule has 0 radical (unpaired) electrons. The lowest BCUT2D eigenvalue weighted by Gasteiger charge is -2.34. The van der Waals surface area contributed by atoms with E-state index in [4.69, 9.17) is 4.74 Å². The topological polar surface area (TPSA) is 29.8 Å². The van der Waals surface area contributed by atoms with Crippen molar-refractivity contribution >= 4 is 5.52 Å². The van der Waals surface area contributed by atoms with Crippen LogP contribution in [0, 0.1) is 5.92 Å². The van der Waals surface area contributed by atoms with E-state index in [1.165, 1.54) is 25.9 Å². The van der Waals surface area contributed by atoms with Crippen LogP contribution in [0.4, 0.5) is 0 Å². The number of hydrogen-bond donors (Lipinski definition) is 0. The zero-order valence-electron chi connectivity index (χ0n) is 13.2. The number of rotatable bonds is 4. The van der Waals surface area contributed by atoms with Crippen molar-refractivity contribution in [1.82, 2.24) is 14.3 Å². The normalized spacial score (nSPS) is 17.7. The third-order valence-corrected chi connectivity index (χ3v) is 4.68. The smallest absolute Gasteiger partial charge is 0.144 e. The molecule has 0 spiro atoms. The summed E-state index contributed by atoms with van der Waals surface area (Å²) in [5.74, 6) is 2.80. The molecule has 1 aliphatic heterocycles. The van der Waals surface area contributed by atoms with Crippen molar-refractivity contribution in [3.63, 3.8) is 0 Å². The van der Waals surface area contributed by atoms with E-state index in [0.717, 1.165) is 29.4 Å². The van der Waals surface area contributed by atoms with E-state index in [2.05, 4.69) is 34.3 Å². The predicted molar refractivity (Wildman–Crippen MR) is 84.9 cm³/mol. The standard InChI is InChI=1S/C17H25N3O/c1-13(2)19-9-6-14(7-10-19)11-17-18-12-15-16(21-3)5-4-8-20(15)17/h4-5,8,12-14H,6-7,9-11H2,1-3H3. The van der Waals surface area contributed by atoms with Crippen LogP contribution in [-0.4, -0.2) is 40.5 Å². The first-order valence-corrected chi connectivity index (χ1v) is 7.92. The number of aromatic nitrogens is 2. The van der Waals surface area contributed by atoms with Crippen molar-refractivity contribution in [1.29, 1.82) is 0 Å². The highest BCUT2D eigenvalue weighted by molar-refractivity contribution is 5.59. The molecule has 0 amide bonds. The van der Waals surface area contributed by atoms with E-state index in [-0.39, 0.29) is 0 Å². The van der Waals surface area contributed by atoms with Crippen molar-refractivity contribution in [3.05, 3.63) is 30.4 Å². The van der Waals surface area contributed by atoms with Crippen LogP contribution in [0.1, 0.15) is 32.5 Å². The van der Waals surface area contributed by atoms with Crippen LogP contribution in [0.3, 0.4) is 0 Å². The van der Waals surface area contributed by atoms with Crippen LogP contribution in [0.15, 0.2) is 24.5 Å². The van der Waals surface area contributed by atoms with Gasteiger partial charge in [0.2, 0.25) is 0 Å². The Bertz CT molecular complexity index is 597. The molecule has 1 fully saturated rings.